The predicted molar refractivity (Wildman–Crippen MR) is 71.9 cm³/mol. The maximum absolute atomic E-state index is 10.8. The molecule has 2 rings (SSSR count). The first-order chi connectivity index (χ1) is 8.66. The van der Waals surface area contributed by atoms with Crippen molar-refractivity contribution in [1.29, 1.82) is 0 Å². The Labute approximate surface area is 113 Å². The second kappa shape index (κ2) is 5.69. The summed E-state index contributed by atoms with van der Waals surface area (Å²) >= 11 is 3.43. The smallest absolute Gasteiger partial charge is 0.335 e. The van der Waals surface area contributed by atoms with E-state index >= 15 is 0 Å². The minimum atomic E-state index is -0.957. The van der Waals surface area contributed by atoms with Crippen LogP contribution in [0, 0.1) is 0 Å². The molecule has 0 aliphatic carbocycles. The van der Waals surface area contributed by atoms with Gasteiger partial charge in [0.15, 0.2) is 0 Å². The summed E-state index contributed by atoms with van der Waals surface area (Å²) in [6.07, 6.45) is 0. The van der Waals surface area contributed by atoms with Crippen molar-refractivity contribution in [2.75, 3.05) is 0 Å². The van der Waals surface area contributed by atoms with Crippen LogP contribution in [0.25, 0.3) is 0 Å². The van der Waals surface area contributed by atoms with Gasteiger partial charge in [0, 0.05) is 10.0 Å². The van der Waals surface area contributed by atoms with Gasteiger partial charge >= 0.3 is 5.97 Å². The number of benzene rings is 2. The molecule has 0 aromatic heterocycles. The fraction of sp³-hybridized carbons (Fsp3) is 0.0714. The Balaban J connectivity index is 2.09. The van der Waals surface area contributed by atoms with Crippen LogP contribution in [-0.4, -0.2) is 11.1 Å². The van der Waals surface area contributed by atoms with Gasteiger partial charge in [0.1, 0.15) is 12.4 Å². The largest absolute Gasteiger partial charge is 0.489 e. The standard InChI is InChI=1S/C14H11BrO3/c15-13-7-2-1-4-11(13)9-18-12-6-3-5-10(8-12)14(16)17/h1-8H,9H2,(H,16,17). The molecule has 1 N–H and O–H groups in total. The molecule has 0 atom stereocenters. The average molecular weight is 307 g/mol. The molecule has 0 fully saturated rings. The van der Waals surface area contributed by atoms with Crippen LogP contribution in [0.2, 0.25) is 0 Å². The summed E-state index contributed by atoms with van der Waals surface area (Å²) in [6, 6.07) is 14.2. The third-order valence-corrected chi connectivity index (χ3v) is 3.21. The van der Waals surface area contributed by atoms with E-state index in [0.29, 0.717) is 12.4 Å². The highest BCUT2D eigenvalue weighted by Crippen LogP contribution is 2.19. The van der Waals surface area contributed by atoms with E-state index in [0.717, 1.165) is 10.0 Å². The van der Waals surface area contributed by atoms with Crippen LogP contribution in [0.15, 0.2) is 53.0 Å². The Hall–Kier alpha value is -1.81. The molecule has 18 heavy (non-hydrogen) atoms. The molecule has 2 aromatic carbocycles. The van der Waals surface area contributed by atoms with E-state index < -0.39 is 5.97 Å². The number of hydrogen-bond acceptors (Lipinski definition) is 2. The lowest BCUT2D eigenvalue weighted by molar-refractivity contribution is 0.0696. The maximum atomic E-state index is 10.8. The zero-order valence-corrected chi connectivity index (χ0v) is 11.1. The molecule has 0 saturated carbocycles. The van der Waals surface area contributed by atoms with Gasteiger partial charge < -0.3 is 9.84 Å². The van der Waals surface area contributed by atoms with Gasteiger partial charge in [-0.1, -0.05) is 40.2 Å². The molecule has 4 heteroatoms. The third-order valence-electron chi connectivity index (χ3n) is 2.43. The number of rotatable bonds is 4. The van der Waals surface area contributed by atoms with Crippen LogP contribution in [0.4, 0.5) is 0 Å². The normalized spacial score (nSPS) is 10.1. The number of halogens is 1. The summed E-state index contributed by atoms with van der Waals surface area (Å²) in [4.78, 5) is 10.8. The van der Waals surface area contributed by atoms with E-state index in [2.05, 4.69) is 15.9 Å². The molecule has 92 valence electrons. The van der Waals surface area contributed by atoms with Crippen molar-refractivity contribution in [3.05, 3.63) is 64.1 Å². The van der Waals surface area contributed by atoms with Gasteiger partial charge in [0.25, 0.3) is 0 Å². The van der Waals surface area contributed by atoms with Crippen molar-refractivity contribution < 1.29 is 14.6 Å². The summed E-state index contributed by atoms with van der Waals surface area (Å²) in [5.74, 6) is -0.410. The lowest BCUT2D eigenvalue weighted by Gasteiger charge is -2.08. The number of carboxylic acids is 1. The van der Waals surface area contributed by atoms with Crippen LogP contribution < -0.4 is 4.74 Å². The van der Waals surface area contributed by atoms with Crippen molar-refractivity contribution in [2.24, 2.45) is 0 Å². The quantitative estimate of drug-likeness (QED) is 0.936. The Kier molecular flexibility index (Phi) is 3.99. The molecule has 2 aromatic rings. The Morgan fingerprint density at radius 1 is 1.17 bits per heavy atom. The predicted octanol–water partition coefficient (Wildman–Crippen LogP) is 3.73. The van der Waals surface area contributed by atoms with Gasteiger partial charge in [-0.05, 0) is 24.3 Å². The average Bonchev–Trinajstić information content (AvgIpc) is 2.38. The first-order valence-electron chi connectivity index (χ1n) is 5.36. The summed E-state index contributed by atoms with van der Waals surface area (Å²) < 4.78 is 6.54. The first kappa shape index (κ1) is 12.6. The van der Waals surface area contributed by atoms with Gasteiger partial charge in [-0.15, -0.1) is 0 Å². The van der Waals surface area contributed by atoms with E-state index in [9.17, 15) is 4.79 Å². The molecule has 3 nitrogen and oxygen atoms in total. The Morgan fingerprint density at radius 2 is 1.94 bits per heavy atom. The van der Waals surface area contributed by atoms with Crippen molar-refractivity contribution in [3.8, 4) is 5.75 Å². The second-order valence-corrected chi connectivity index (χ2v) is 4.57. The zero-order chi connectivity index (χ0) is 13.0. The molecular formula is C14H11BrO3. The monoisotopic (exact) mass is 306 g/mol. The minimum absolute atomic E-state index is 0.222. The van der Waals surface area contributed by atoms with Crippen LogP contribution in [0.5, 0.6) is 5.75 Å². The SMILES string of the molecule is O=C(O)c1cccc(OCc2ccccc2Br)c1. The lowest BCUT2D eigenvalue weighted by Crippen LogP contribution is -1.99. The molecular weight excluding hydrogens is 296 g/mol. The van der Waals surface area contributed by atoms with E-state index in [1.807, 2.05) is 24.3 Å². The van der Waals surface area contributed by atoms with Gasteiger partial charge in [0.05, 0.1) is 5.56 Å². The first-order valence-corrected chi connectivity index (χ1v) is 6.15. The Bertz CT molecular complexity index is 566. The molecule has 0 saturated heterocycles. The van der Waals surface area contributed by atoms with Crippen LogP contribution in [0.3, 0.4) is 0 Å². The number of carboxylic acid groups (broad SMARTS) is 1. The second-order valence-electron chi connectivity index (χ2n) is 3.71. The van der Waals surface area contributed by atoms with E-state index in [4.69, 9.17) is 9.84 Å². The third kappa shape index (κ3) is 3.11. The maximum Gasteiger partial charge on any atom is 0.335 e. The topological polar surface area (TPSA) is 46.5 Å². The molecule has 0 aliphatic rings. The fourth-order valence-electron chi connectivity index (χ4n) is 1.50. The summed E-state index contributed by atoms with van der Waals surface area (Å²) in [5, 5.41) is 8.88. The van der Waals surface area contributed by atoms with Gasteiger partial charge in [-0.25, -0.2) is 4.79 Å². The molecule has 0 bridgehead atoms. The van der Waals surface area contributed by atoms with E-state index in [-0.39, 0.29) is 5.56 Å². The van der Waals surface area contributed by atoms with Crippen molar-refractivity contribution in [1.82, 2.24) is 0 Å². The van der Waals surface area contributed by atoms with E-state index in [1.54, 1.807) is 12.1 Å². The highest BCUT2D eigenvalue weighted by atomic mass is 79.9. The van der Waals surface area contributed by atoms with Gasteiger partial charge in [-0.2, -0.15) is 0 Å². The molecule has 0 radical (unpaired) electrons. The molecule has 0 unspecified atom stereocenters. The van der Waals surface area contributed by atoms with Crippen molar-refractivity contribution in [2.45, 2.75) is 6.61 Å². The van der Waals surface area contributed by atoms with Gasteiger partial charge in [-0.3, -0.25) is 0 Å². The van der Waals surface area contributed by atoms with Crippen molar-refractivity contribution >= 4 is 21.9 Å². The van der Waals surface area contributed by atoms with Crippen LogP contribution in [-0.2, 0) is 6.61 Å². The molecule has 0 amide bonds. The van der Waals surface area contributed by atoms with Crippen LogP contribution in [0.1, 0.15) is 15.9 Å². The zero-order valence-electron chi connectivity index (χ0n) is 9.47. The highest BCUT2D eigenvalue weighted by Gasteiger charge is 2.04. The summed E-state index contributed by atoms with van der Waals surface area (Å²) in [7, 11) is 0. The summed E-state index contributed by atoms with van der Waals surface area (Å²) in [6.45, 7) is 0.393. The molecule has 0 aliphatic heterocycles. The van der Waals surface area contributed by atoms with Gasteiger partial charge in [0.2, 0.25) is 0 Å². The Morgan fingerprint density at radius 3 is 2.67 bits per heavy atom. The number of aromatic carboxylic acids is 1. The van der Waals surface area contributed by atoms with Crippen molar-refractivity contribution in [3.63, 3.8) is 0 Å². The fourth-order valence-corrected chi connectivity index (χ4v) is 1.89. The lowest BCUT2D eigenvalue weighted by atomic mass is 10.2. The number of ether oxygens (including phenoxy) is 1. The number of hydrogen-bond donors (Lipinski definition) is 1. The minimum Gasteiger partial charge on any atom is -0.489 e. The highest BCUT2D eigenvalue weighted by molar-refractivity contribution is 9.10. The number of carbonyl (C=O) groups is 1. The van der Waals surface area contributed by atoms with E-state index in [1.165, 1.54) is 12.1 Å². The molecule has 0 spiro atoms. The molecule has 0 heterocycles. The van der Waals surface area contributed by atoms with Crippen LogP contribution >= 0.6 is 15.9 Å². The summed E-state index contributed by atoms with van der Waals surface area (Å²) in [5.41, 5.74) is 1.23.